The molecule has 0 spiro atoms. The van der Waals surface area contributed by atoms with Gasteiger partial charge in [0.15, 0.2) is 9.84 Å². The average Bonchev–Trinajstić information content (AvgIpc) is 2.97. The maximum atomic E-state index is 13.5. The summed E-state index contributed by atoms with van der Waals surface area (Å²) < 4.78 is 52.9. The average molecular weight is 620 g/mol. The van der Waals surface area contributed by atoms with E-state index < -0.39 is 25.9 Å². The Bertz CT molecular complexity index is 1580. The molecule has 0 radical (unpaired) electrons. The zero-order valence-electron chi connectivity index (χ0n) is 22.6. The molecule has 13 heteroatoms. The summed E-state index contributed by atoms with van der Waals surface area (Å²) in [6.07, 6.45) is 5.40. The van der Waals surface area contributed by atoms with Crippen LogP contribution in [0.15, 0.2) is 65.8 Å². The highest BCUT2D eigenvalue weighted by molar-refractivity contribution is 7.91. The minimum atomic E-state index is -3.92. The van der Waals surface area contributed by atoms with Crippen LogP contribution in [0.5, 0.6) is 0 Å². The van der Waals surface area contributed by atoms with Gasteiger partial charge in [-0.05, 0) is 72.5 Å². The maximum Gasteiger partial charge on any atom is 0.241 e. The highest BCUT2D eigenvalue weighted by atomic mass is 35.5. The molecule has 41 heavy (non-hydrogen) atoms. The van der Waals surface area contributed by atoms with Gasteiger partial charge in [-0.1, -0.05) is 23.7 Å². The Kier molecular flexibility index (Phi) is 9.15. The van der Waals surface area contributed by atoms with Crippen molar-refractivity contribution in [1.29, 1.82) is 0 Å². The number of fused-ring (bicyclic) bond motifs is 1. The first kappa shape index (κ1) is 29.7. The third-order valence-electron chi connectivity index (χ3n) is 7.81. The van der Waals surface area contributed by atoms with Crippen LogP contribution in [-0.2, 0) is 24.7 Å². The quantitative estimate of drug-likeness (QED) is 0.373. The Morgan fingerprint density at radius 1 is 0.976 bits per heavy atom. The fourth-order valence-electron chi connectivity index (χ4n) is 5.30. The number of hydrogen-bond donors (Lipinski definition) is 2. The van der Waals surface area contributed by atoms with E-state index in [1.165, 1.54) is 11.0 Å². The molecule has 10 nitrogen and oxygen atoms in total. The number of sulfone groups is 1. The molecule has 1 unspecified atom stereocenters. The van der Waals surface area contributed by atoms with E-state index in [1.54, 1.807) is 42.7 Å². The lowest BCUT2D eigenvalue weighted by Crippen LogP contribution is -2.56. The molecule has 2 saturated heterocycles. The highest BCUT2D eigenvalue weighted by Gasteiger charge is 2.31. The summed E-state index contributed by atoms with van der Waals surface area (Å²) in [5, 5.41) is 5.43. The highest BCUT2D eigenvalue weighted by Crippen LogP contribution is 2.24. The Morgan fingerprint density at radius 2 is 1.63 bits per heavy atom. The SMILES string of the molecule is O=C(C(CNS(=O)(=O)c1ccc2cc(Cl)ccc2c1)NCC1CCN(c2ccncc2)CC1)N1CCS(=O)(=O)CC1. The van der Waals surface area contributed by atoms with Crippen molar-refractivity contribution < 1.29 is 21.6 Å². The van der Waals surface area contributed by atoms with Gasteiger partial charge in [-0.15, -0.1) is 0 Å². The fraction of sp³-hybridized carbons (Fsp3) is 0.429. The lowest BCUT2D eigenvalue weighted by Gasteiger charge is -2.35. The lowest BCUT2D eigenvalue weighted by molar-refractivity contribution is -0.133. The van der Waals surface area contributed by atoms with Gasteiger partial charge in [-0.3, -0.25) is 9.78 Å². The van der Waals surface area contributed by atoms with Gasteiger partial charge in [-0.2, -0.15) is 0 Å². The molecule has 3 aromatic rings. The van der Waals surface area contributed by atoms with Crippen molar-refractivity contribution in [2.75, 3.05) is 55.7 Å². The molecule has 2 aromatic carbocycles. The molecule has 0 aliphatic carbocycles. The number of nitrogens with one attached hydrogen (secondary N) is 2. The zero-order valence-corrected chi connectivity index (χ0v) is 25.0. The second-order valence-electron chi connectivity index (χ2n) is 10.6. The van der Waals surface area contributed by atoms with Crippen molar-refractivity contribution in [2.45, 2.75) is 23.8 Å². The van der Waals surface area contributed by atoms with E-state index in [4.69, 9.17) is 11.6 Å². The molecule has 2 aliphatic heterocycles. The van der Waals surface area contributed by atoms with Gasteiger partial charge >= 0.3 is 0 Å². The third kappa shape index (κ3) is 7.55. The predicted octanol–water partition coefficient (Wildman–Crippen LogP) is 2.30. The number of hydrogen-bond acceptors (Lipinski definition) is 8. The minimum Gasteiger partial charge on any atom is -0.371 e. The summed E-state index contributed by atoms with van der Waals surface area (Å²) in [5.74, 6) is -0.170. The van der Waals surface area contributed by atoms with E-state index in [2.05, 4.69) is 19.9 Å². The van der Waals surface area contributed by atoms with Gasteiger partial charge in [0.1, 0.15) is 6.04 Å². The summed E-state index contributed by atoms with van der Waals surface area (Å²) >= 11 is 6.05. The molecule has 3 heterocycles. The first-order chi connectivity index (χ1) is 19.6. The second-order valence-corrected chi connectivity index (χ2v) is 15.1. The summed E-state index contributed by atoms with van der Waals surface area (Å²) in [6, 6.07) is 13.2. The topological polar surface area (TPSA) is 129 Å². The smallest absolute Gasteiger partial charge is 0.241 e. The van der Waals surface area contributed by atoms with Gasteiger partial charge in [0.05, 0.1) is 16.4 Å². The monoisotopic (exact) mass is 619 g/mol. The molecule has 1 amide bonds. The molecular weight excluding hydrogens is 586 g/mol. The largest absolute Gasteiger partial charge is 0.371 e. The molecule has 1 atom stereocenters. The van der Waals surface area contributed by atoms with Gasteiger partial charge in [0.2, 0.25) is 15.9 Å². The number of nitrogens with zero attached hydrogens (tertiary/aromatic N) is 3. The van der Waals surface area contributed by atoms with Crippen molar-refractivity contribution in [2.24, 2.45) is 5.92 Å². The van der Waals surface area contributed by atoms with Crippen LogP contribution in [0.3, 0.4) is 0 Å². The lowest BCUT2D eigenvalue weighted by atomic mass is 9.96. The number of carbonyl (C=O) groups is 1. The Labute approximate surface area is 246 Å². The van der Waals surface area contributed by atoms with Gasteiger partial charge < -0.3 is 15.1 Å². The molecule has 1 aromatic heterocycles. The van der Waals surface area contributed by atoms with E-state index in [0.717, 1.165) is 42.4 Å². The van der Waals surface area contributed by atoms with Crippen molar-refractivity contribution >= 4 is 53.8 Å². The van der Waals surface area contributed by atoms with Crippen LogP contribution >= 0.6 is 11.6 Å². The number of benzene rings is 2. The summed E-state index contributed by atoms with van der Waals surface area (Å²) in [6.45, 7) is 2.34. The molecule has 2 N–H and O–H groups in total. The van der Waals surface area contributed by atoms with Crippen LogP contribution in [0, 0.1) is 5.92 Å². The standard InChI is InChI=1S/C28H34ClN5O5S2/c29-24-3-1-23-18-26(4-2-22(23)17-24)41(38,39)32-20-27(28(35)34-13-15-40(36,37)16-14-34)31-19-21-7-11-33(12-8-21)25-5-9-30-10-6-25/h1-6,9-10,17-18,21,27,31-32H,7-8,11-16,19-20H2. The van der Waals surface area contributed by atoms with Crippen LogP contribution in [-0.4, -0.2) is 89.4 Å². The number of halogens is 1. The third-order valence-corrected chi connectivity index (χ3v) is 11.1. The number of sulfonamides is 1. The summed E-state index contributed by atoms with van der Waals surface area (Å²) in [5.41, 5.74) is 1.13. The first-order valence-corrected chi connectivity index (χ1v) is 17.3. The maximum absolute atomic E-state index is 13.5. The van der Waals surface area contributed by atoms with E-state index in [1.807, 2.05) is 12.1 Å². The summed E-state index contributed by atoms with van der Waals surface area (Å²) in [4.78, 5) is 21.5. The second kappa shape index (κ2) is 12.6. The first-order valence-electron chi connectivity index (χ1n) is 13.7. The number of anilines is 1. The molecule has 5 rings (SSSR count). The van der Waals surface area contributed by atoms with E-state index in [0.29, 0.717) is 17.5 Å². The molecular formula is C28H34ClN5O5S2. The van der Waals surface area contributed by atoms with Crippen LogP contribution in [0.2, 0.25) is 5.02 Å². The van der Waals surface area contributed by atoms with Crippen LogP contribution in [0.4, 0.5) is 5.69 Å². The van der Waals surface area contributed by atoms with E-state index in [9.17, 15) is 21.6 Å². The Morgan fingerprint density at radius 3 is 2.34 bits per heavy atom. The number of pyridine rings is 1. The van der Waals surface area contributed by atoms with Crippen molar-refractivity contribution in [1.82, 2.24) is 19.9 Å². The fourth-order valence-corrected chi connectivity index (χ4v) is 7.76. The number of carbonyl (C=O) groups excluding carboxylic acids is 1. The zero-order chi connectivity index (χ0) is 29.0. The molecule has 0 saturated carbocycles. The van der Waals surface area contributed by atoms with E-state index in [-0.39, 0.29) is 41.9 Å². The number of amides is 1. The Balaban J connectivity index is 1.25. The molecule has 2 fully saturated rings. The van der Waals surface area contributed by atoms with Gasteiger partial charge in [0.25, 0.3) is 0 Å². The minimum absolute atomic E-state index is 0.0890. The van der Waals surface area contributed by atoms with Crippen LogP contribution in [0.25, 0.3) is 10.8 Å². The number of aromatic nitrogens is 1. The Hall–Kier alpha value is -2.77. The summed E-state index contributed by atoms with van der Waals surface area (Å²) in [7, 11) is -7.09. The number of rotatable bonds is 9. The predicted molar refractivity (Wildman–Crippen MR) is 160 cm³/mol. The molecule has 2 aliphatic rings. The number of piperidine rings is 1. The van der Waals surface area contributed by atoms with Crippen LogP contribution in [0.1, 0.15) is 12.8 Å². The van der Waals surface area contributed by atoms with Crippen LogP contribution < -0.4 is 14.9 Å². The van der Waals surface area contributed by atoms with Gasteiger partial charge in [0, 0.05) is 55.8 Å². The molecule has 220 valence electrons. The van der Waals surface area contributed by atoms with Crippen molar-refractivity contribution in [3.63, 3.8) is 0 Å². The molecule has 0 bridgehead atoms. The normalized spacial score (nSPS) is 18.9. The van der Waals surface area contributed by atoms with E-state index >= 15 is 0 Å². The van der Waals surface area contributed by atoms with Crippen molar-refractivity contribution in [3.05, 3.63) is 65.9 Å². The van der Waals surface area contributed by atoms with Gasteiger partial charge in [-0.25, -0.2) is 21.6 Å². The van der Waals surface area contributed by atoms with Crippen molar-refractivity contribution in [3.8, 4) is 0 Å².